The van der Waals surface area contributed by atoms with E-state index in [1.165, 1.54) is 0 Å². The van der Waals surface area contributed by atoms with Gasteiger partial charge in [0, 0.05) is 53.0 Å². The summed E-state index contributed by atoms with van der Waals surface area (Å²) < 4.78 is 11.0. The summed E-state index contributed by atoms with van der Waals surface area (Å²) in [6, 6.07) is 0. The molecule has 0 atom stereocenters. The van der Waals surface area contributed by atoms with Crippen molar-refractivity contribution in [2.24, 2.45) is 10.4 Å². The number of aliphatic imine (C=N–C) groups is 1. The Morgan fingerprint density at radius 1 is 1.24 bits per heavy atom. The Morgan fingerprint density at radius 2 is 1.92 bits per heavy atom. The fraction of sp³-hybridized carbons (Fsp3) is 0.947. The quantitative estimate of drug-likeness (QED) is 0.369. The van der Waals surface area contributed by atoms with Gasteiger partial charge in [-0.05, 0) is 45.7 Å². The van der Waals surface area contributed by atoms with Crippen molar-refractivity contribution in [2.45, 2.75) is 46.1 Å². The van der Waals surface area contributed by atoms with E-state index in [2.05, 4.69) is 50.0 Å². The first kappa shape index (κ1) is 22.2. The maximum Gasteiger partial charge on any atom is 0.193 e. The second-order valence-electron chi connectivity index (χ2n) is 7.98. The van der Waals surface area contributed by atoms with Crippen molar-refractivity contribution in [3.05, 3.63) is 0 Å². The van der Waals surface area contributed by atoms with Gasteiger partial charge in [-0.3, -0.25) is 4.99 Å². The minimum atomic E-state index is 0.174. The molecule has 1 N–H and O–H groups in total. The average molecular weight is 357 g/mol. The van der Waals surface area contributed by atoms with E-state index >= 15 is 0 Å². The number of piperidine rings is 1. The van der Waals surface area contributed by atoms with Crippen LogP contribution >= 0.6 is 0 Å². The number of likely N-dealkylation sites (tertiary alicyclic amines) is 1. The third kappa shape index (κ3) is 9.42. The summed E-state index contributed by atoms with van der Waals surface area (Å²) in [5, 5.41) is 3.46. The summed E-state index contributed by atoms with van der Waals surface area (Å²) in [7, 11) is 5.97. The third-order valence-electron chi connectivity index (χ3n) is 4.32. The molecule has 1 fully saturated rings. The summed E-state index contributed by atoms with van der Waals surface area (Å²) >= 11 is 0. The van der Waals surface area contributed by atoms with Crippen LogP contribution in [0.2, 0.25) is 0 Å². The third-order valence-corrected chi connectivity index (χ3v) is 4.32. The molecule has 0 saturated carbocycles. The highest BCUT2D eigenvalue weighted by molar-refractivity contribution is 5.80. The largest absolute Gasteiger partial charge is 0.385 e. The molecular formula is C19H40N4O2. The van der Waals surface area contributed by atoms with E-state index in [1.54, 1.807) is 7.11 Å². The van der Waals surface area contributed by atoms with E-state index in [0.717, 1.165) is 71.2 Å². The van der Waals surface area contributed by atoms with Crippen LogP contribution in [-0.4, -0.2) is 89.0 Å². The van der Waals surface area contributed by atoms with Crippen LogP contribution < -0.4 is 5.32 Å². The van der Waals surface area contributed by atoms with Crippen LogP contribution in [0.15, 0.2) is 4.99 Å². The molecule has 1 aliphatic rings. The van der Waals surface area contributed by atoms with Crippen molar-refractivity contribution >= 4 is 5.96 Å². The molecule has 1 saturated heterocycles. The van der Waals surface area contributed by atoms with Crippen LogP contribution in [0, 0.1) is 5.41 Å². The van der Waals surface area contributed by atoms with Gasteiger partial charge in [0.15, 0.2) is 5.96 Å². The minimum absolute atomic E-state index is 0.174. The maximum absolute atomic E-state index is 5.96. The van der Waals surface area contributed by atoms with Crippen molar-refractivity contribution in [3.8, 4) is 0 Å². The topological polar surface area (TPSA) is 49.3 Å². The molecule has 6 heteroatoms. The highest BCUT2D eigenvalue weighted by atomic mass is 16.5. The zero-order valence-electron chi connectivity index (χ0n) is 17.3. The van der Waals surface area contributed by atoms with Crippen molar-refractivity contribution in [1.82, 2.24) is 15.1 Å². The molecule has 0 aromatic rings. The number of hydrogen-bond acceptors (Lipinski definition) is 4. The molecular weight excluding hydrogens is 316 g/mol. The fourth-order valence-corrected chi connectivity index (χ4v) is 3.31. The lowest BCUT2D eigenvalue weighted by molar-refractivity contribution is 0.00987. The Morgan fingerprint density at radius 3 is 2.48 bits per heavy atom. The summed E-state index contributed by atoms with van der Waals surface area (Å²) in [4.78, 5) is 9.53. The van der Waals surface area contributed by atoms with Gasteiger partial charge in [0.1, 0.15) is 0 Å². The van der Waals surface area contributed by atoms with Gasteiger partial charge in [-0.25, -0.2) is 0 Å². The maximum atomic E-state index is 5.96. The fourth-order valence-electron chi connectivity index (χ4n) is 3.31. The SMILES string of the molecule is CCNC(=NCC(C)(C)CN(C)C)N1CCC(OCCCOC)CC1. The number of rotatable bonds is 10. The predicted octanol–water partition coefficient (Wildman–Crippen LogP) is 2.06. The number of hydrogen-bond donors (Lipinski definition) is 1. The van der Waals surface area contributed by atoms with Crippen LogP contribution in [0.1, 0.15) is 40.0 Å². The van der Waals surface area contributed by atoms with Crippen molar-refractivity contribution in [3.63, 3.8) is 0 Å². The summed E-state index contributed by atoms with van der Waals surface area (Å²) in [5.74, 6) is 1.05. The number of ether oxygens (including phenoxy) is 2. The molecule has 148 valence electrons. The Bertz CT molecular complexity index is 378. The van der Waals surface area contributed by atoms with E-state index in [4.69, 9.17) is 14.5 Å². The van der Waals surface area contributed by atoms with Crippen molar-refractivity contribution in [1.29, 1.82) is 0 Å². The van der Waals surface area contributed by atoms with E-state index in [0.29, 0.717) is 6.10 Å². The molecule has 0 aromatic heterocycles. The number of methoxy groups -OCH3 is 1. The highest BCUT2D eigenvalue weighted by Crippen LogP contribution is 2.18. The van der Waals surface area contributed by atoms with E-state index in [-0.39, 0.29) is 5.41 Å². The summed E-state index contributed by atoms with van der Waals surface area (Å²) in [5.41, 5.74) is 0.174. The molecule has 6 nitrogen and oxygen atoms in total. The van der Waals surface area contributed by atoms with Crippen molar-refractivity contribution in [2.75, 3.05) is 67.1 Å². The van der Waals surface area contributed by atoms with Gasteiger partial charge in [0.2, 0.25) is 0 Å². The van der Waals surface area contributed by atoms with Crippen LogP contribution in [0.4, 0.5) is 0 Å². The lowest BCUT2D eigenvalue weighted by atomic mass is 9.93. The van der Waals surface area contributed by atoms with Gasteiger partial charge >= 0.3 is 0 Å². The Kier molecular flexibility index (Phi) is 10.4. The molecule has 1 heterocycles. The Hall–Kier alpha value is -0.850. The van der Waals surface area contributed by atoms with Gasteiger partial charge in [-0.15, -0.1) is 0 Å². The second-order valence-corrected chi connectivity index (χ2v) is 7.98. The zero-order valence-corrected chi connectivity index (χ0v) is 17.3. The normalized spacial score (nSPS) is 17.4. The standard InChI is InChI=1S/C19H40N4O2/c1-7-20-18(21-15-19(2,3)16-22(4)5)23-11-9-17(10-12-23)25-14-8-13-24-6/h17H,7-16H2,1-6H3,(H,20,21). The molecule has 0 aromatic carbocycles. The lowest BCUT2D eigenvalue weighted by Gasteiger charge is -2.35. The second kappa shape index (κ2) is 11.7. The Labute approximate surface area is 154 Å². The number of nitrogens with zero attached hydrogens (tertiary/aromatic N) is 3. The van der Waals surface area contributed by atoms with Crippen LogP contribution in [0.25, 0.3) is 0 Å². The first-order valence-corrected chi connectivity index (χ1v) is 9.66. The molecule has 25 heavy (non-hydrogen) atoms. The number of nitrogens with one attached hydrogen (secondary N) is 1. The molecule has 1 rings (SSSR count). The molecule has 1 aliphatic heterocycles. The van der Waals surface area contributed by atoms with Gasteiger partial charge in [-0.1, -0.05) is 13.8 Å². The first-order valence-electron chi connectivity index (χ1n) is 9.66. The highest BCUT2D eigenvalue weighted by Gasteiger charge is 2.23. The summed E-state index contributed by atoms with van der Waals surface area (Å²) in [6.07, 6.45) is 3.49. The van der Waals surface area contributed by atoms with Gasteiger partial charge in [0.05, 0.1) is 6.10 Å². The minimum Gasteiger partial charge on any atom is -0.385 e. The van der Waals surface area contributed by atoms with Crippen LogP contribution in [-0.2, 0) is 9.47 Å². The van der Waals surface area contributed by atoms with E-state index in [1.807, 2.05) is 0 Å². The Balaban J connectivity index is 2.47. The van der Waals surface area contributed by atoms with E-state index in [9.17, 15) is 0 Å². The van der Waals surface area contributed by atoms with Crippen LogP contribution in [0.3, 0.4) is 0 Å². The number of guanidine groups is 1. The molecule has 0 aliphatic carbocycles. The molecule has 0 amide bonds. The van der Waals surface area contributed by atoms with Crippen molar-refractivity contribution < 1.29 is 9.47 Å². The van der Waals surface area contributed by atoms with E-state index < -0.39 is 0 Å². The smallest absolute Gasteiger partial charge is 0.193 e. The zero-order chi connectivity index (χ0) is 18.7. The molecule has 0 radical (unpaired) electrons. The van der Waals surface area contributed by atoms with Gasteiger partial charge in [-0.2, -0.15) is 0 Å². The molecule has 0 spiro atoms. The predicted molar refractivity (Wildman–Crippen MR) is 105 cm³/mol. The average Bonchev–Trinajstić information content (AvgIpc) is 2.55. The van der Waals surface area contributed by atoms with Gasteiger partial charge < -0.3 is 24.6 Å². The summed E-state index contributed by atoms with van der Waals surface area (Å²) in [6.45, 7) is 13.1. The van der Waals surface area contributed by atoms with Gasteiger partial charge in [0.25, 0.3) is 0 Å². The van der Waals surface area contributed by atoms with Crippen LogP contribution in [0.5, 0.6) is 0 Å². The monoisotopic (exact) mass is 356 g/mol. The molecule has 0 unspecified atom stereocenters. The lowest BCUT2D eigenvalue weighted by Crippen LogP contribution is -2.47. The first-order chi connectivity index (χ1) is 11.9. The molecule has 0 bridgehead atoms.